The summed E-state index contributed by atoms with van der Waals surface area (Å²) >= 11 is 11.8. The molecule has 0 aliphatic carbocycles. The van der Waals surface area contributed by atoms with Crippen LogP contribution >= 0.6 is 23.2 Å². The van der Waals surface area contributed by atoms with Crippen molar-refractivity contribution in [2.24, 2.45) is 0 Å². The van der Waals surface area contributed by atoms with Crippen molar-refractivity contribution in [3.8, 4) is 0 Å². The van der Waals surface area contributed by atoms with Crippen molar-refractivity contribution >= 4 is 35.0 Å². The fourth-order valence-electron chi connectivity index (χ4n) is 1.59. The van der Waals surface area contributed by atoms with Crippen LogP contribution in [0.25, 0.3) is 0 Å². The van der Waals surface area contributed by atoms with Gasteiger partial charge >= 0.3 is 5.97 Å². The van der Waals surface area contributed by atoms with Crippen LogP contribution in [0.5, 0.6) is 0 Å². The molecule has 0 aliphatic heterocycles. The Morgan fingerprint density at radius 2 is 1.72 bits per heavy atom. The number of unbranched alkanes of at least 4 members (excludes halogenated alkanes) is 2. The Morgan fingerprint density at radius 3 is 2.39 bits per heavy atom. The van der Waals surface area contributed by atoms with E-state index in [2.05, 4.69) is 0 Å². The number of benzene rings is 1. The molecule has 3 nitrogen and oxygen atoms in total. The zero-order valence-electron chi connectivity index (χ0n) is 9.79. The Balaban J connectivity index is 2.41. The molecular weight excluding hydrogens is 275 g/mol. The molecule has 0 heterocycles. The maximum atomic E-state index is 11.9. The highest BCUT2D eigenvalue weighted by molar-refractivity contribution is 6.43. The molecule has 1 aromatic carbocycles. The van der Waals surface area contributed by atoms with E-state index in [1.165, 1.54) is 0 Å². The van der Waals surface area contributed by atoms with Gasteiger partial charge in [0.1, 0.15) is 0 Å². The zero-order chi connectivity index (χ0) is 13.5. The van der Waals surface area contributed by atoms with Crippen LogP contribution in [0.15, 0.2) is 18.2 Å². The largest absolute Gasteiger partial charge is 0.481 e. The standard InChI is InChI=1S/C13H14Cl2O3/c14-10-6-4-5-9(13(10)15)11(16)7-2-1-3-8-12(17)18/h4-6H,1-3,7-8H2,(H,17,18). The van der Waals surface area contributed by atoms with E-state index in [0.717, 1.165) is 6.42 Å². The van der Waals surface area contributed by atoms with Crippen molar-refractivity contribution in [1.82, 2.24) is 0 Å². The van der Waals surface area contributed by atoms with Crippen molar-refractivity contribution in [2.45, 2.75) is 32.1 Å². The number of Topliss-reactive ketones (excluding diaryl/α,β-unsaturated/α-hetero) is 1. The highest BCUT2D eigenvalue weighted by atomic mass is 35.5. The summed E-state index contributed by atoms with van der Waals surface area (Å²) in [5, 5.41) is 9.12. The third kappa shape index (κ3) is 4.67. The molecule has 0 atom stereocenters. The van der Waals surface area contributed by atoms with Crippen molar-refractivity contribution in [1.29, 1.82) is 0 Å². The molecule has 0 spiro atoms. The fourth-order valence-corrected chi connectivity index (χ4v) is 2.00. The molecule has 0 fully saturated rings. The highest BCUT2D eigenvalue weighted by Gasteiger charge is 2.12. The molecule has 1 N–H and O–H groups in total. The van der Waals surface area contributed by atoms with E-state index in [-0.39, 0.29) is 17.2 Å². The van der Waals surface area contributed by atoms with Gasteiger partial charge in [0, 0.05) is 18.4 Å². The van der Waals surface area contributed by atoms with Crippen LogP contribution in [0.4, 0.5) is 0 Å². The summed E-state index contributed by atoms with van der Waals surface area (Å²) in [6, 6.07) is 4.97. The lowest BCUT2D eigenvalue weighted by atomic mass is 10.0. The van der Waals surface area contributed by atoms with Gasteiger partial charge in [-0.1, -0.05) is 35.7 Å². The topological polar surface area (TPSA) is 54.4 Å². The molecule has 0 saturated carbocycles. The summed E-state index contributed by atoms with van der Waals surface area (Å²) in [6.45, 7) is 0. The maximum Gasteiger partial charge on any atom is 0.303 e. The summed E-state index contributed by atoms with van der Waals surface area (Å²) < 4.78 is 0. The van der Waals surface area contributed by atoms with Gasteiger partial charge in [-0.25, -0.2) is 0 Å². The van der Waals surface area contributed by atoms with Crippen LogP contribution in [0, 0.1) is 0 Å². The SMILES string of the molecule is O=C(O)CCCCCC(=O)c1cccc(Cl)c1Cl. The minimum Gasteiger partial charge on any atom is -0.481 e. The smallest absolute Gasteiger partial charge is 0.303 e. The number of hydrogen-bond acceptors (Lipinski definition) is 2. The van der Waals surface area contributed by atoms with Crippen LogP contribution in [0.2, 0.25) is 10.0 Å². The quantitative estimate of drug-likeness (QED) is 0.604. The van der Waals surface area contributed by atoms with Gasteiger partial charge < -0.3 is 5.11 Å². The van der Waals surface area contributed by atoms with Crippen molar-refractivity contribution in [2.75, 3.05) is 0 Å². The predicted molar refractivity (Wildman–Crippen MR) is 71.5 cm³/mol. The normalized spacial score (nSPS) is 10.3. The van der Waals surface area contributed by atoms with Crippen molar-refractivity contribution < 1.29 is 14.7 Å². The number of hydrogen-bond donors (Lipinski definition) is 1. The molecule has 5 heteroatoms. The monoisotopic (exact) mass is 288 g/mol. The first-order chi connectivity index (χ1) is 8.52. The molecule has 1 rings (SSSR count). The van der Waals surface area contributed by atoms with Gasteiger partial charge in [0.15, 0.2) is 5.78 Å². The van der Waals surface area contributed by atoms with Gasteiger partial charge in [0.05, 0.1) is 10.0 Å². The predicted octanol–water partition coefficient (Wildman–Crippen LogP) is 4.21. The number of rotatable bonds is 7. The van der Waals surface area contributed by atoms with Crippen molar-refractivity contribution in [3.63, 3.8) is 0 Å². The number of halogens is 2. The van der Waals surface area contributed by atoms with Gasteiger partial charge in [-0.15, -0.1) is 0 Å². The Morgan fingerprint density at radius 1 is 1.06 bits per heavy atom. The molecule has 98 valence electrons. The van der Waals surface area contributed by atoms with E-state index in [1.807, 2.05) is 0 Å². The van der Waals surface area contributed by atoms with E-state index in [1.54, 1.807) is 18.2 Å². The van der Waals surface area contributed by atoms with Crippen LogP contribution < -0.4 is 0 Å². The minimum absolute atomic E-state index is 0.0576. The molecule has 1 aromatic rings. The Labute approximate surface area is 116 Å². The summed E-state index contributed by atoms with van der Waals surface area (Å²) in [5.41, 5.74) is 0.433. The van der Waals surface area contributed by atoms with Crippen LogP contribution in [0.3, 0.4) is 0 Å². The molecular formula is C13H14Cl2O3. The number of carboxylic acid groups (broad SMARTS) is 1. The zero-order valence-corrected chi connectivity index (χ0v) is 11.3. The minimum atomic E-state index is -0.806. The van der Waals surface area contributed by atoms with E-state index in [4.69, 9.17) is 28.3 Å². The first kappa shape index (κ1) is 15.0. The lowest BCUT2D eigenvalue weighted by Gasteiger charge is -2.04. The van der Waals surface area contributed by atoms with Gasteiger partial charge in [-0.3, -0.25) is 9.59 Å². The second-order valence-electron chi connectivity index (χ2n) is 3.98. The highest BCUT2D eigenvalue weighted by Crippen LogP contribution is 2.26. The second-order valence-corrected chi connectivity index (χ2v) is 4.76. The van der Waals surface area contributed by atoms with Crippen LogP contribution in [0.1, 0.15) is 42.5 Å². The average Bonchev–Trinajstić information content (AvgIpc) is 2.31. The lowest BCUT2D eigenvalue weighted by Crippen LogP contribution is -2.00. The van der Waals surface area contributed by atoms with Gasteiger partial charge in [-0.05, 0) is 25.0 Å². The molecule has 0 bridgehead atoms. The maximum absolute atomic E-state index is 11.9. The number of carboxylic acids is 1. The molecule has 0 amide bonds. The van der Waals surface area contributed by atoms with E-state index in [0.29, 0.717) is 29.8 Å². The Kier molecular flexibility index (Phi) is 6.16. The van der Waals surface area contributed by atoms with Gasteiger partial charge in [-0.2, -0.15) is 0 Å². The number of carbonyl (C=O) groups excluding carboxylic acids is 1. The van der Waals surface area contributed by atoms with E-state index in [9.17, 15) is 9.59 Å². The van der Waals surface area contributed by atoms with E-state index >= 15 is 0 Å². The van der Waals surface area contributed by atoms with Gasteiger partial charge in [0.2, 0.25) is 0 Å². The molecule has 0 aromatic heterocycles. The van der Waals surface area contributed by atoms with Crippen LogP contribution in [-0.4, -0.2) is 16.9 Å². The van der Waals surface area contributed by atoms with Gasteiger partial charge in [0.25, 0.3) is 0 Å². The first-order valence-electron chi connectivity index (χ1n) is 5.71. The fraction of sp³-hybridized carbons (Fsp3) is 0.385. The Hall–Kier alpha value is -1.06. The summed E-state index contributed by atoms with van der Waals surface area (Å²) in [6.07, 6.45) is 2.48. The summed E-state index contributed by atoms with van der Waals surface area (Å²) in [4.78, 5) is 22.2. The lowest BCUT2D eigenvalue weighted by molar-refractivity contribution is -0.137. The third-order valence-corrected chi connectivity index (χ3v) is 3.37. The number of aliphatic carboxylic acids is 1. The molecule has 0 saturated heterocycles. The summed E-state index contributed by atoms with van der Waals surface area (Å²) in [7, 11) is 0. The van der Waals surface area contributed by atoms with Crippen LogP contribution in [-0.2, 0) is 4.79 Å². The average molecular weight is 289 g/mol. The Bertz CT molecular complexity index is 444. The molecule has 0 radical (unpaired) electrons. The summed E-state index contributed by atoms with van der Waals surface area (Å²) in [5.74, 6) is -0.864. The number of ketones is 1. The first-order valence-corrected chi connectivity index (χ1v) is 6.47. The molecule has 18 heavy (non-hydrogen) atoms. The molecule has 0 aliphatic rings. The number of carbonyl (C=O) groups is 2. The second kappa shape index (κ2) is 7.39. The third-order valence-electron chi connectivity index (χ3n) is 2.55. The molecule has 0 unspecified atom stereocenters. The van der Waals surface area contributed by atoms with Crippen molar-refractivity contribution in [3.05, 3.63) is 33.8 Å². The van der Waals surface area contributed by atoms with E-state index < -0.39 is 5.97 Å².